The van der Waals surface area contributed by atoms with Gasteiger partial charge in [-0.1, -0.05) is 55.9 Å². The fourth-order valence-electron chi connectivity index (χ4n) is 4.22. The van der Waals surface area contributed by atoms with Crippen molar-refractivity contribution >= 4 is 28.8 Å². The molecule has 7 nitrogen and oxygen atoms in total. The number of esters is 1. The number of methoxy groups -OCH3 is 1. The second kappa shape index (κ2) is 10.9. The summed E-state index contributed by atoms with van der Waals surface area (Å²) in [6.45, 7) is 6.63. The Hall–Kier alpha value is -3.39. The number of amidine groups is 1. The first-order valence-corrected chi connectivity index (χ1v) is 12.6. The molecular formula is C27H30N4O3S. The molecular weight excluding hydrogens is 460 g/mol. The molecule has 1 unspecified atom stereocenters. The van der Waals surface area contributed by atoms with E-state index in [1.165, 1.54) is 24.4 Å². The van der Waals surface area contributed by atoms with Crippen LogP contribution in [0, 0.1) is 0 Å². The second-order valence-corrected chi connectivity index (χ2v) is 9.64. The first kappa shape index (κ1) is 24.7. The molecule has 8 heteroatoms. The Morgan fingerprint density at radius 3 is 2.60 bits per heavy atom. The largest absolute Gasteiger partial charge is 0.466 e. The van der Waals surface area contributed by atoms with E-state index in [1.54, 1.807) is 6.20 Å². The average molecular weight is 491 g/mol. The van der Waals surface area contributed by atoms with Crippen molar-refractivity contribution in [3.8, 4) is 0 Å². The molecule has 2 aliphatic rings. The number of allylic oxidation sites excluding steroid dienone is 1. The van der Waals surface area contributed by atoms with Crippen LogP contribution in [-0.4, -0.2) is 40.6 Å². The highest BCUT2D eigenvalue weighted by Crippen LogP contribution is 2.44. The Morgan fingerprint density at radius 1 is 1.17 bits per heavy atom. The SMILES string of the molecule is COC(=O)C1=C(C)N=C2SC=C(CC(=O)NCCc3ccccn3)N2C1c1ccc(C(C)C)cc1. The maximum atomic E-state index is 12.8. The number of hydrogen-bond acceptors (Lipinski definition) is 7. The van der Waals surface area contributed by atoms with Gasteiger partial charge >= 0.3 is 5.97 Å². The highest BCUT2D eigenvalue weighted by atomic mass is 32.2. The number of nitrogens with zero attached hydrogens (tertiary/aromatic N) is 3. The predicted octanol–water partition coefficient (Wildman–Crippen LogP) is 4.70. The zero-order chi connectivity index (χ0) is 24.9. The lowest BCUT2D eigenvalue weighted by Gasteiger charge is -2.36. The van der Waals surface area contributed by atoms with Gasteiger partial charge in [-0.05, 0) is 41.5 Å². The molecule has 1 atom stereocenters. The van der Waals surface area contributed by atoms with Gasteiger partial charge in [-0.15, -0.1) is 0 Å². The van der Waals surface area contributed by atoms with Crippen molar-refractivity contribution in [1.29, 1.82) is 0 Å². The summed E-state index contributed by atoms with van der Waals surface area (Å²) in [7, 11) is 1.38. The van der Waals surface area contributed by atoms with Crippen LogP contribution in [0.5, 0.6) is 0 Å². The Kier molecular flexibility index (Phi) is 7.70. The number of carbonyl (C=O) groups is 2. The monoisotopic (exact) mass is 490 g/mol. The topological polar surface area (TPSA) is 83.9 Å². The van der Waals surface area contributed by atoms with E-state index >= 15 is 0 Å². The Labute approximate surface area is 210 Å². The van der Waals surface area contributed by atoms with Crippen LogP contribution in [0.3, 0.4) is 0 Å². The summed E-state index contributed by atoms with van der Waals surface area (Å²) in [5, 5.41) is 5.68. The number of aromatic nitrogens is 1. The minimum atomic E-state index is -0.418. The summed E-state index contributed by atoms with van der Waals surface area (Å²) in [6.07, 6.45) is 2.59. The van der Waals surface area contributed by atoms with Crippen LogP contribution in [0.25, 0.3) is 0 Å². The minimum Gasteiger partial charge on any atom is -0.466 e. The van der Waals surface area contributed by atoms with E-state index in [0.29, 0.717) is 30.2 Å². The summed E-state index contributed by atoms with van der Waals surface area (Å²) in [6, 6.07) is 13.6. The predicted molar refractivity (Wildman–Crippen MR) is 139 cm³/mol. The number of nitrogens with one attached hydrogen (secondary N) is 1. The molecule has 3 heterocycles. The highest BCUT2D eigenvalue weighted by molar-refractivity contribution is 8.16. The maximum Gasteiger partial charge on any atom is 0.338 e. The van der Waals surface area contributed by atoms with Crippen LogP contribution in [0.15, 0.2) is 76.0 Å². The lowest BCUT2D eigenvalue weighted by atomic mass is 9.92. The van der Waals surface area contributed by atoms with E-state index in [-0.39, 0.29) is 12.3 Å². The van der Waals surface area contributed by atoms with Crippen LogP contribution >= 0.6 is 11.8 Å². The van der Waals surface area contributed by atoms with Crippen molar-refractivity contribution in [2.75, 3.05) is 13.7 Å². The zero-order valence-electron chi connectivity index (χ0n) is 20.4. The Balaban J connectivity index is 1.55. The first-order chi connectivity index (χ1) is 16.9. The standard InChI is InChI=1S/C27H30N4O3S/c1-17(2)19-8-10-20(11-9-19)25-24(26(33)34-4)18(3)30-27-31(25)22(16-35-27)15-23(32)29-14-12-21-7-5-6-13-28-21/h5-11,13,16-17,25H,12,14-15H2,1-4H3,(H,29,32). The summed E-state index contributed by atoms with van der Waals surface area (Å²) < 4.78 is 5.13. The number of pyridine rings is 1. The second-order valence-electron chi connectivity index (χ2n) is 8.80. The first-order valence-electron chi connectivity index (χ1n) is 11.7. The smallest absolute Gasteiger partial charge is 0.338 e. The van der Waals surface area contributed by atoms with Gasteiger partial charge in [0.1, 0.15) is 0 Å². The third-order valence-electron chi connectivity index (χ3n) is 6.10. The number of amides is 1. The van der Waals surface area contributed by atoms with Crippen molar-refractivity contribution in [1.82, 2.24) is 15.2 Å². The quantitative estimate of drug-likeness (QED) is 0.540. The summed E-state index contributed by atoms with van der Waals surface area (Å²) in [5.41, 5.74) is 5.02. The van der Waals surface area contributed by atoms with E-state index in [1.807, 2.05) is 47.6 Å². The number of hydrogen-bond donors (Lipinski definition) is 1. The van der Waals surface area contributed by atoms with Crippen molar-refractivity contribution < 1.29 is 14.3 Å². The van der Waals surface area contributed by atoms with Crippen molar-refractivity contribution in [3.05, 3.63) is 87.9 Å². The normalized spacial score (nSPS) is 17.2. The minimum absolute atomic E-state index is 0.0890. The molecule has 2 aliphatic heterocycles. The third-order valence-corrected chi connectivity index (χ3v) is 6.98. The number of benzene rings is 1. The van der Waals surface area contributed by atoms with Crippen molar-refractivity contribution in [2.45, 2.75) is 45.6 Å². The van der Waals surface area contributed by atoms with Gasteiger partial charge in [0.15, 0.2) is 5.17 Å². The lowest BCUT2D eigenvalue weighted by Crippen LogP contribution is -2.38. The van der Waals surface area contributed by atoms with Gasteiger partial charge in [0.25, 0.3) is 0 Å². The van der Waals surface area contributed by atoms with Gasteiger partial charge in [-0.2, -0.15) is 0 Å². The molecule has 0 bridgehead atoms. The van der Waals surface area contributed by atoms with Crippen LogP contribution in [0.4, 0.5) is 0 Å². The van der Waals surface area contributed by atoms with Crippen LogP contribution in [-0.2, 0) is 20.7 Å². The fourth-order valence-corrected chi connectivity index (χ4v) is 5.19. The number of ether oxygens (including phenoxy) is 1. The number of rotatable bonds is 8. The molecule has 0 radical (unpaired) electrons. The van der Waals surface area contributed by atoms with E-state index in [4.69, 9.17) is 4.74 Å². The number of thioether (sulfide) groups is 1. The molecule has 2 aromatic rings. The number of carbonyl (C=O) groups excluding carboxylic acids is 2. The molecule has 0 saturated heterocycles. The van der Waals surface area contributed by atoms with E-state index in [9.17, 15) is 9.59 Å². The Bertz CT molecular complexity index is 1190. The van der Waals surface area contributed by atoms with Gasteiger partial charge in [0.2, 0.25) is 5.91 Å². The summed E-state index contributed by atoms with van der Waals surface area (Å²) in [5.74, 6) is -0.106. The van der Waals surface area contributed by atoms with Gasteiger partial charge in [0.05, 0.1) is 30.8 Å². The zero-order valence-corrected chi connectivity index (χ0v) is 21.3. The maximum absolute atomic E-state index is 12.8. The van der Waals surface area contributed by atoms with Crippen LogP contribution in [0.1, 0.15) is 56.0 Å². The molecule has 0 aliphatic carbocycles. The lowest BCUT2D eigenvalue weighted by molar-refractivity contribution is -0.136. The Morgan fingerprint density at radius 2 is 1.94 bits per heavy atom. The van der Waals surface area contributed by atoms with Crippen molar-refractivity contribution in [3.63, 3.8) is 0 Å². The molecule has 1 N–H and O–H groups in total. The molecule has 1 aromatic heterocycles. The average Bonchev–Trinajstić information content (AvgIpc) is 3.25. The fraction of sp³-hybridized carbons (Fsp3) is 0.333. The molecule has 4 rings (SSSR count). The van der Waals surface area contributed by atoms with E-state index in [2.05, 4.69) is 41.3 Å². The molecule has 0 spiro atoms. The summed E-state index contributed by atoms with van der Waals surface area (Å²) >= 11 is 1.47. The van der Waals surface area contributed by atoms with Gasteiger partial charge in [0, 0.05) is 30.6 Å². The number of fused-ring (bicyclic) bond motifs is 1. The molecule has 1 aromatic carbocycles. The molecule has 35 heavy (non-hydrogen) atoms. The van der Waals surface area contributed by atoms with E-state index in [0.717, 1.165) is 22.1 Å². The summed E-state index contributed by atoms with van der Waals surface area (Å²) in [4.78, 5) is 36.6. The molecule has 0 fully saturated rings. The molecule has 0 saturated carbocycles. The highest BCUT2D eigenvalue weighted by Gasteiger charge is 2.40. The molecule has 182 valence electrons. The van der Waals surface area contributed by atoms with Crippen LogP contribution in [0.2, 0.25) is 0 Å². The van der Waals surface area contributed by atoms with E-state index < -0.39 is 12.0 Å². The van der Waals surface area contributed by atoms with Gasteiger partial charge < -0.3 is 15.0 Å². The van der Waals surface area contributed by atoms with Crippen LogP contribution < -0.4 is 5.32 Å². The number of aliphatic imine (C=N–C) groups is 1. The third kappa shape index (κ3) is 5.48. The van der Waals surface area contributed by atoms with Gasteiger partial charge in [-0.3, -0.25) is 9.78 Å². The van der Waals surface area contributed by atoms with Crippen molar-refractivity contribution in [2.24, 2.45) is 4.99 Å². The van der Waals surface area contributed by atoms with Gasteiger partial charge in [-0.25, -0.2) is 9.79 Å². The molecule has 1 amide bonds.